The smallest absolute Gasteiger partial charge is 0.313 e. The summed E-state index contributed by atoms with van der Waals surface area (Å²) in [5, 5.41) is 6.09. The third-order valence-electron chi connectivity index (χ3n) is 3.64. The van der Waals surface area contributed by atoms with Crippen LogP contribution >= 0.6 is 23.2 Å². The Balaban J connectivity index is 1.98. The third-order valence-corrected chi connectivity index (χ3v) is 4.22. The maximum atomic E-state index is 12.0. The average Bonchev–Trinajstić information content (AvgIpc) is 2.59. The van der Waals surface area contributed by atoms with Gasteiger partial charge in [0.1, 0.15) is 6.10 Å². The Morgan fingerprint density at radius 3 is 2.52 bits per heavy atom. The van der Waals surface area contributed by atoms with Crippen LogP contribution < -0.4 is 10.6 Å². The first-order valence-electron chi connectivity index (χ1n) is 7.55. The molecule has 2 aromatic carbocycles. The lowest BCUT2D eigenvalue weighted by atomic mass is 10.1. The van der Waals surface area contributed by atoms with Crippen molar-refractivity contribution in [3.8, 4) is 0 Å². The minimum atomic E-state index is -0.778. The highest BCUT2D eigenvalue weighted by atomic mass is 35.5. The summed E-state index contributed by atoms with van der Waals surface area (Å²) in [7, 11) is 1.51. The second-order valence-corrected chi connectivity index (χ2v) is 6.21. The van der Waals surface area contributed by atoms with E-state index in [4.69, 9.17) is 27.9 Å². The number of aryl methyl sites for hydroxylation is 1. The molecule has 7 heteroatoms. The van der Waals surface area contributed by atoms with Gasteiger partial charge >= 0.3 is 11.8 Å². The number of hydrogen-bond acceptors (Lipinski definition) is 3. The van der Waals surface area contributed by atoms with Crippen LogP contribution in [0.5, 0.6) is 0 Å². The Morgan fingerprint density at radius 2 is 1.84 bits per heavy atom. The predicted octanol–water partition coefficient (Wildman–Crippen LogP) is 3.74. The Hall–Kier alpha value is -2.08. The summed E-state index contributed by atoms with van der Waals surface area (Å²) in [6.45, 7) is 1.92. The molecule has 0 radical (unpaired) electrons. The summed E-state index contributed by atoms with van der Waals surface area (Å²) < 4.78 is 5.35. The van der Waals surface area contributed by atoms with Crippen molar-refractivity contribution in [2.24, 2.45) is 0 Å². The number of halogens is 2. The van der Waals surface area contributed by atoms with Gasteiger partial charge in [0.05, 0.1) is 0 Å². The molecule has 0 aliphatic carbocycles. The van der Waals surface area contributed by atoms with Gasteiger partial charge in [-0.2, -0.15) is 0 Å². The molecule has 2 N–H and O–H groups in total. The highest BCUT2D eigenvalue weighted by Gasteiger charge is 2.19. The summed E-state index contributed by atoms with van der Waals surface area (Å²) in [4.78, 5) is 24.1. The maximum absolute atomic E-state index is 12.0. The van der Waals surface area contributed by atoms with Gasteiger partial charge in [0.2, 0.25) is 0 Å². The summed E-state index contributed by atoms with van der Waals surface area (Å²) in [6, 6.07) is 12.2. The first-order chi connectivity index (χ1) is 11.9. The molecule has 2 rings (SSSR count). The summed E-state index contributed by atoms with van der Waals surface area (Å²) in [5.74, 6) is -1.55. The molecule has 25 heavy (non-hydrogen) atoms. The molecule has 0 saturated carbocycles. The van der Waals surface area contributed by atoms with Crippen molar-refractivity contribution in [2.75, 3.05) is 19.0 Å². The second-order valence-electron chi connectivity index (χ2n) is 5.37. The Morgan fingerprint density at radius 1 is 1.12 bits per heavy atom. The molecule has 0 spiro atoms. The quantitative estimate of drug-likeness (QED) is 0.776. The van der Waals surface area contributed by atoms with Crippen LogP contribution in [-0.4, -0.2) is 25.5 Å². The van der Waals surface area contributed by atoms with E-state index in [1.807, 2.05) is 13.0 Å². The molecule has 1 atom stereocenters. The molecular formula is C18H18Cl2N2O3. The Bertz CT molecular complexity index is 781. The largest absolute Gasteiger partial charge is 0.375 e. The van der Waals surface area contributed by atoms with Crippen LogP contribution in [-0.2, 0) is 14.3 Å². The molecule has 0 heterocycles. The zero-order valence-electron chi connectivity index (χ0n) is 13.8. The van der Waals surface area contributed by atoms with Gasteiger partial charge in [-0.25, -0.2) is 0 Å². The normalized spacial score (nSPS) is 11.7. The van der Waals surface area contributed by atoms with E-state index in [9.17, 15) is 9.59 Å². The highest BCUT2D eigenvalue weighted by Crippen LogP contribution is 2.24. The van der Waals surface area contributed by atoms with E-state index < -0.39 is 17.9 Å². The van der Waals surface area contributed by atoms with Gasteiger partial charge in [-0.05, 0) is 30.7 Å². The minimum Gasteiger partial charge on any atom is -0.375 e. The van der Waals surface area contributed by atoms with Crippen LogP contribution in [0.1, 0.15) is 17.2 Å². The lowest BCUT2D eigenvalue weighted by Crippen LogP contribution is -2.38. The third kappa shape index (κ3) is 5.19. The van der Waals surface area contributed by atoms with Crippen molar-refractivity contribution >= 4 is 40.7 Å². The van der Waals surface area contributed by atoms with E-state index in [0.717, 1.165) is 11.1 Å². The van der Waals surface area contributed by atoms with Gasteiger partial charge in [-0.15, -0.1) is 0 Å². The zero-order valence-corrected chi connectivity index (χ0v) is 15.3. The topological polar surface area (TPSA) is 67.4 Å². The highest BCUT2D eigenvalue weighted by molar-refractivity contribution is 6.40. The molecular weight excluding hydrogens is 363 g/mol. The number of carbonyl (C=O) groups is 2. The van der Waals surface area contributed by atoms with Crippen LogP contribution in [0.2, 0.25) is 10.0 Å². The van der Waals surface area contributed by atoms with Crippen molar-refractivity contribution in [1.82, 2.24) is 5.32 Å². The minimum absolute atomic E-state index is 0.112. The lowest BCUT2D eigenvalue weighted by molar-refractivity contribution is -0.136. The van der Waals surface area contributed by atoms with Crippen molar-refractivity contribution in [3.05, 3.63) is 63.6 Å². The number of carbonyl (C=O) groups excluding carboxylic acids is 2. The van der Waals surface area contributed by atoms with Crippen molar-refractivity contribution in [2.45, 2.75) is 13.0 Å². The number of amides is 2. The second kappa shape index (κ2) is 8.85. The first kappa shape index (κ1) is 19.2. The standard InChI is InChI=1S/C18H18Cl2N2O3/c1-11-7-8-12(19)9-15(11)22-18(24)17(23)21-10-16(25-2)13-5-3-4-6-14(13)20/h3-9,16H,10H2,1-2H3,(H,21,23)(H,22,24). The van der Waals surface area contributed by atoms with E-state index in [-0.39, 0.29) is 6.54 Å². The Labute approximate surface area is 156 Å². The number of rotatable bonds is 5. The van der Waals surface area contributed by atoms with E-state index in [1.54, 1.807) is 36.4 Å². The van der Waals surface area contributed by atoms with Crippen LogP contribution in [0.15, 0.2) is 42.5 Å². The Kier molecular flexibility index (Phi) is 6.82. The van der Waals surface area contributed by atoms with Crippen LogP contribution in [0.25, 0.3) is 0 Å². The fraction of sp³-hybridized carbons (Fsp3) is 0.222. The molecule has 2 aromatic rings. The number of nitrogens with one attached hydrogen (secondary N) is 2. The summed E-state index contributed by atoms with van der Waals surface area (Å²) in [6.07, 6.45) is -0.460. The van der Waals surface area contributed by atoms with E-state index in [0.29, 0.717) is 15.7 Å². The van der Waals surface area contributed by atoms with Gasteiger partial charge in [0.25, 0.3) is 0 Å². The average molecular weight is 381 g/mol. The molecule has 0 aliphatic heterocycles. The van der Waals surface area contributed by atoms with Crippen molar-refractivity contribution < 1.29 is 14.3 Å². The molecule has 0 fully saturated rings. The molecule has 0 bridgehead atoms. The predicted molar refractivity (Wildman–Crippen MR) is 99.0 cm³/mol. The van der Waals surface area contributed by atoms with Crippen molar-refractivity contribution in [1.29, 1.82) is 0 Å². The van der Waals surface area contributed by atoms with Gasteiger partial charge in [-0.3, -0.25) is 9.59 Å². The molecule has 0 aromatic heterocycles. The van der Waals surface area contributed by atoms with Crippen molar-refractivity contribution in [3.63, 3.8) is 0 Å². The molecule has 1 unspecified atom stereocenters. The van der Waals surface area contributed by atoms with E-state index >= 15 is 0 Å². The SMILES string of the molecule is COC(CNC(=O)C(=O)Nc1cc(Cl)ccc1C)c1ccccc1Cl. The number of anilines is 1. The maximum Gasteiger partial charge on any atom is 0.313 e. The van der Waals surface area contributed by atoms with Gasteiger partial charge in [-0.1, -0.05) is 47.5 Å². The van der Waals surface area contributed by atoms with Gasteiger partial charge < -0.3 is 15.4 Å². The van der Waals surface area contributed by atoms with Crippen LogP contribution in [0.4, 0.5) is 5.69 Å². The number of benzene rings is 2. The van der Waals surface area contributed by atoms with Crippen LogP contribution in [0, 0.1) is 6.92 Å². The first-order valence-corrected chi connectivity index (χ1v) is 8.30. The summed E-state index contributed by atoms with van der Waals surface area (Å²) >= 11 is 12.0. The zero-order chi connectivity index (χ0) is 18.4. The van der Waals surface area contributed by atoms with E-state index in [1.165, 1.54) is 7.11 Å². The number of methoxy groups -OCH3 is 1. The number of hydrogen-bond donors (Lipinski definition) is 2. The molecule has 0 saturated heterocycles. The fourth-order valence-electron chi connectivity index (χ4n) is 2.23. The number of ether oxygens (including phenoxy) is 1. The monoisotopic (exact) mass is 380 g/mol. The molecule has 2 amide bonds. The summed E-state index contributed by atoms with van der Waals surface area (Å²) in [5.41, 5.74) is 2.02. The molecule has 132 valence electrons. The van der Waals surface area contributed by atoms with E-state index in [2.05, 4.69) is 10.6 Å². The fourth-order valence-corrected chi connectivity index (χ4v) is 2.66. The van der Waals surface area contributed by atoms with Gasteiger partial charge in [0.15, 0.2) is 0 Å². The lowest BCUT2D eigenvalue weighted by Gasteiger charge is -2.17. The van der Waals surface area contributed by atoms with Crippen LogP contribution in [0.3, 0.4) is 0 Å². The molecule has 5 nitrogen and oxygen atoms in total. The van der Waals surface area contributed by atoms with Gasteiger partial charge in [0, 0.05) is 35.0 Å². The molecule has 0 aliphatic rings.